The Morgan fingerprint density at radius 3 is 2.69 bits per heavy atom. The summed E-state index contributed by atoms with van der Waals surface area (Å²) >= 11 is 1.86. The molecule has 2 nitrogen and oxygen atoms in total. The van der Waals surface area contributed by atoms with Gasteiger partial charge in [0.2, 0.25) is 0 Å². The number of hydrogen-bond acceptors (Lipinski definition) is 3. The van der Waals surface area contributed by atoms with Crippen LogP contribution in [-0.2, 0) is 0 Å². The van der Waals surface area contributed by atoms with Gasteiger partial charge in [-0.2, -0.15) is 0 Å². The molecule has 0 bridgehead atoms. The average molecular weight is 236 g/mol. The molecule has 0 saturated heterocycles. The molecule has 0 radical (unpaired) electrons. The van der Waals surface area contributed by atoms with Gasteiger partial charge in [-0.15, -0.1) is 11.8 Å². The van der Waals surface area contributed by atoms with Crippen LogP contribution in [0.5, 0.6) is 0 Å². The van der Waals surface area contributed by atoms with E-state index in [0.717, 1.165) is 12.1 Å². The van der Waals surface area contributed by atoms with Crippen molar-refractivity contribution in [2.24, 2.45) is 5.73 Å². The lowest BCUT2D eigenvalue weighted by Crippen LogP contribution is -2.35. The van der Waals surface area contributed by atoms with Crippen LogP contribution in [0.4, 0.5) is 5.69 Å². The van der Waals surface area contributed by atoms with E-state index in [4.69, 9.17) is 11.5 Å². The van der Waals surface area contributed by atoms with Gasteiger partial charge in [-0.25, -0.2) is 0 Å². The van der Waals surface area contributed by atoms with E-state index in [1.807, 2.05) is 17.8 Å². The van der Waals surface area contributed by atoms with Crippen molar-refractivity contribution in [3.05, 3.63) is 23.8 Å². The van der Waals surface area contributed by atoms with Crippen LogP contribution < -0.4 is 11.5 Å². The first-order chi connectivity index (χ1) is 7.66. The Bertz CT molecular complexity index is 365. The smallest absolute Gasteiger partial charge is 0.0454 e. The molecule has 1 aromatic rings. The normalized spacial score (nSPS) is 25.6. The minimum atomic E-state index is 0.333. The maximum Gasteiger partial charge on any atom is 0.0454 e. The molecule has 1 aliphatic carbocycles. The second-order valence-corrected chi connectivity index (χ2v) is 5.93. The molecule has 0 heterocycles. The highest BCUT2D eigenvalue weighted by molar-refractivity contribution is 8.00. The lowest BCUT2D eigenvalue weighted by molar-refractivity contribution is 0.453. The first-order valence-electron chi connectivity index (χ1n) is 5.95. The van der Waals surface area contributed by atoms with E-state index in [2.05, 4.69) is 19.1 Å². The predicted octanol–water partition coefficient (Wildman–Crippen LogP) is 2.94. The fraction of sp³-hybridized carbons (Fsp3) is 0.538. The second-order valence-electron chi connectivity index (χ2n) is 4.65. The van der Waals surface area contributed by atoms with Crippen molar-refractivity contribution in [2.45, 2.75) is 48.8 Å². The Balaban J connectivity index is 2.07. The largest absolute Gasteiger partial charge is 0.398 e. The van der Waals surface area contributed by atoms with Crippen molar-refractivity contribution in [2.75, 3.05) is 5.73 Å². The zero-order valence-electron chi connectivity index (χ0n) is 9.78. The van der Waals surface area contributed by atoms with Gasteiger partial charge >= 0.3 is 0 Å². The summed E-state index contributed by atoms with van der Waals surface area (Å²) in [6.07, 6.45) is 4.96. The molecule has 0 aliphatic heterocycles. The minimum absolute atomic E-state index is 0.333. The lowest BCUT2D eigenvalue weighted by atomic mass is 9.96. The molecule has 0 aromatic heterocycles. The standard InChI is InChI=1S/C13H20N2S/c1-9-6-7-13(11(15)8-9)16-12-5-3-2-4-10(12)14/h6-8,10,12H,2-5,14-15H2,1H3. The van der Waals surface area contributed by atoms with Crippen LogP contribution in [-0.4, -0.2) is 11.3 Å². The molecule has 16 heavy (non-hydrogen) atoms. The van der Waals surface area contributed by atoms with Gasteiger partial charge in [0.1, 0.15) is 0 Å². The molecule has 0 spiro atoms. The summed E-state index contributed by atoms with van der Waals surface area (Å²) in [5, 5.41) is 0.541. The Labute approximate surface area is 102 Å². The molecule has 3 heteroatoms. The predicted molar refractivity (Wildman–Crippen MR) is 71.7 cm³/mol. The van der Waals surface area contributed by atoms with Crippen LogP contribution in [0.1, 0.15) is 31.2 Å². The third-order valence-corrected chi connectivity index (χ3v) is 4.71. The van der Waals surface area contributed by atoms with Gasteiger partial charge in [0.05, 0.1) is 0 Å². The minimum Gasteiger partial charge on any atom is -0.398 e. The molecule has 1 aromatic carbocycles. The summed E-state index contributed by atoms with van der Waals surface area (Å²) in [4.78, 5) is 1.19. The quantitative estimate of drug-likeness (QED) is 0.776. The van der Waals surface area contributed by atoms with E-state index < -0.39 is 0 Å². The second kappa shape index (κ2) is 5.11. The van der Waals surface area contributed by atoms with E-state index in [0.29, 0.717) is 11.3 Å². The first-order valence-corrected chi connectivity index (χ1v) is 6.83. The molecule has 88 valence electrons. The number of aryl methyl sites for hydroxylation is 1. The summed E-state index contributed by atoms with van der Waals surface area (Å²) in [7, 11) is 0. The summed E-state index contributed by atoms with van der Waals surface area (Å²) in [6, 6.07) is 6.61. The molecule has 2 unspecified atom stereocenters. The Hall–Kier alpha value is -0.670. The van der Waals surface area contributed by atoms with Crippen molar-refractivity contribution in [1.82, 2.24) is 0 Å². The van der Waals surface area contributed by atoms with Gasteiger partial charge in [-0.3, -0.25) is 0 Å². The molecule has 4 N–H and O–H groups in total. The Morgan fingerprint density at radius 1 is 1.25 bits per heavy atom. The molecule has 2 atom stereocenters. The van der Waals surface area contributed by atoms with Gasteiger partial charge in [0, 0.05) is 21.9 Å². The van der Waals surface area contributed by atoms with Crippen molar-refractivity contribution in [3.8, 4) is 0 Å². The van der Waals surface area contributed by atoms with Crippen molar-refractivity contribution in [3.63, 3.8) is 0 Å². The maximum atomic E-state index is 6.15. The van der Waals surface area contributed by atoms with E-state index >= 15 is 0 Å². The Kier molecular flexibility index (Phi) is 3.77. The highest BCUT2D eigenvalue weighted by atomic mass is 32.2. The zero-order valence-corrected chi connectivity index (χ0v) is 10.6. The van der Waals surface area contributed by atoms with Gasteiger partial charge < -0.3 is 11.5 Å². The number of nitrogen functional groups attached to an aromatic ring is 1. The summed E-state index contributed by atoms with van der Waals surface area (Å²) in [6.45, 7) is 2.07. The molecular weight excluding hydrogens is 216 g/mol. The fourth-order valence-electron chi connectivity index (χ4n) is 2.21. The van der Waals surface area contributed by atoms with Crippen molar-refractivity contribution in [1.29, 1.82) is 0 Å². The molecule has 1 aliphatic rings. The molecule has 2 rings (SSSR count). The number of rotatable bonds is 2. The van der Waals surface area contributed by atoms with E-state index in [-0.39, 0.29) is 0 Å². The number of benzene rings is 1. The summed E-state index contributed by atoms with van der Waals surface area (Å²) in [5.74, 6) is 0. The molecular formula is C13H20N2S. The summed E-state index contributed by atoms with van der Waals surface area (Å²) in [5.41, 5.74) is 14.3. The number of thioether (sulfide) groups is 1. The maximum absolute atomic E-state index is 6.15. The fourth-order valence-corrected chi connectivity index (χ4v) is 3.47. The SMILES string of the molecule is Cc1ccc(SC2CCCCC2N)c(N)c1. The zero-order chi connectivity index (χ0) is 11.5. The highest BCUT2D eigenvalue weighted by Gasteiger charge is 2.23. The van der Waals surface area contributed by atoms with Crippen LogP contribution in [0.2, 0.25) is 0 Å². The lowest BCUT2D eigenvalue weighted by Gasteiger charge is -2.28. The molecule has 0 amide bonds. The van der Waals surface area contributed by atoms with Crippen LogP contribution in [0.25, 0.3) is 0 Å². The van der Waals surface area contributed by atoms with E-state index in [1.165, 1.54) is 29.7 Å². The highest BCUT2D eigenvalue weighted by Crippen LogP contribution is 2.36. The topological polar surface area (TPSA) is 52.0 Å². The third-order valence-electron chi connectivity index (χ3n) is 3.20. The van der Waals surface area contributed by atoms with E-state index in [9.17, 15) is 0 Å². The number of hydrogen-bond donors (Lipinski definition) is 2. The van der Waals surface area contributed by atoms with Crippen LogP contribution in [0.15, 0.2) is 23.1 Å². The van der Waals surface area contributed by atoms with Crippen molar-refractivity contribution >= 4 is 17.4 Å². The Morgan fingerprint density at radius 2 is 2.00 bits per heavy atom. The molecule has 1 saturated carbocycles. The van der Waals surface area contributed by atoms with Gasteiger partial charge in [0.15, 0.2) is 0 Å². The van der Waals surface area contributed by atoms with Gasteiger partial charge in [-0.1, -0.05) is 18.9 Å². The molecule has 1 fully saturated rings. The third kappa shape index (κ3) is 2.71. The van der Waals surface area contributed by atoms with Gasteiger partial charge in [-0.05, 0) is 37.5 Å². The van der Waals surface area contributed by atoms with Gasteiger partial charge in [0.25, 0.3) is 0 Å². The van der Waals surface area contributed by atoms with E-state index in [1.54, 1.807) is 0 Å². The number of anilines is 1. The first kappa shape index (κ1) is 11.8. The average Bonchev–Trinajstić information content (AvgIpc) is 2.25. The summed E-state index contributed by atoms with van der Waals surface area (Å²) < 4.78 is 0. The monoisotopic (exact) mass is 236 g/mol. The number of nitrogens with two attached hydrogens (primary N) is 2. The van der Waals surface area contributed by atoms with Crippen LogP contribution in [0, 0.1) is 6.92 Å². The van der Waals surface area contributed by atoms with Crippen molar-refractivity contribution < 1.29 is 0 Å². The van der Waals surface area contributed by atoms with Crippen LogP contribution >= 0.6 is 11.8 Å². The van der Waals surface area contributed by atoms with Crippen LogP contribution in [0.3, 0.4) is 0 Å².